The Morgan fingerprint density at radius 1 is 1.21 bits per heavy atom. The van der Waals surface area contributed by atoms with E-state index in [2.05, 4.69) is 13.8 Å². The fourth-order valence-corrected chi connectivity index (χ4v) is 6.05. The molecule has 136 valence electrons. The molecule has 0 amide bonds. The van der Waals surface area contributed by atoms with Crippen molar-refractivity contribution < 1.29 is 14.7 Å². The molecule has 2 saturated carbocycles. The van der Waals surface area contributed by atoms with Crippen molar-refractivity contribution >= 4 is 12.6 Å². The SMILES string of the molecule is CC.CC1CCCC2(C)C1CCC1(C=O)C(O)CC(C=O)=CCC21. The zero-order valence-corrected chi connectivity index (χ0v) is 15.8. The molecule has 0 spiro atoms. The fourth-order valence-electron chi connectivity index (χ4n) is 6.05. The predicted octanol–water partition coefficient (Wildman–Crippen LogP) is 4.33. The zero-order valence-electron chi connectivity index (χ0n) is 15.8. The van der Waals surface area contributed by atoms with Gasteiger partial charge >= 0.3 is 0 Å². The van der Waals surface area contributed by atoms with E-state index in [1.54, 1.807) is 0 Å². The van der Waals surface area contributed by atoms with Crippen molar-refractivity contribution in [2.75, 3.05) is 0 Å². The Morgan fingerprint density at radius 2 is 1.92 bits per heavy atom. The number of rotatable bonds is 2. The van der Waals surface area contributed by atoms with Crippen molar-refractivity contribution in [2.45, 2.75) is 78.7 Å². The third kappa shape index (κ3) is 2.89. The zero-order chi connectivity index (χ0) is 18.0. The molecule has 1 N–H and O–H groups in total. The van der Waals surface area contributed by atoms with Crippen molar-refractivity contribution in [3.63, 3.8) is 0 Å². The van der Waals surface area contributed by atoms with Crippen LogP contribution in [0.25, 0.3) is 0 Å². The smallest absolute Gasteiger partial charge is 0.145 e. The quantitative estimate of drug-likeness (QED) is 0.765. The summed E-state index contributed by atoms with van der Waals surface area (Å²) in [5, 5.41) is 10.8. The van der Waals surface area contributed by atoms with E-state index in [0.717, 1.165) is 38.3 Å². The summed E-state index contributed by atoms with van der Waals surface area (Å²) in [6.45, 7) is 8.68. The van der Waals surface area contributed by atoms with Crippen LogP contribution in [0.2, 0.25) is 0 Å². The first-order chi connectivity index (χ1) is 11.5. The lowest BCUT2D eigenvalue weighted by Gasteiger charge is -2.59. The van der Waals surface area contributed by atoms with Gasteiger partial charge in [0.1, 0.15) is 12.6 Å². The van der Waals surface area contributed by atoms with Crippen LogP contribution < -0.4 is 0 Å². The van der Waals surface area contributed by atoms with Crippen LogP contribution in [0.3, 0.4) is 0 Å². The second-order valence-corrected chi connectivity index (χ2v) is 8.16. The molecule has 6 atom stereocenters. The topological polar surface area (TPSA) is 54.4 Å². The number of fused-ring (bicyclic) bond motifs is 3. The number of aldehydes is 2. The average Bonchev–Trinajstić information content (AvgIpc) is 2.74. The van der Waals surface area contributed by atoms with Gasteiger partial charge in [-0.2, -0.15) is 0 Å². The lowest BCUT2D eigenvalue weighted by atomic mass is 9.45. The Balaban J connectivity index is 0.00000100. The van der Waals surface area contributed by atoms with Crippen LogP contribution in [0.15, 0.2) is 11.6 Å². The summed E-state index contributed by atoms with van der Waals surface area (Å²) in [5.41, 5.74) is 0.100. The molecule has 6 unspecified atom stereocenters. The van der Waals surface area contributed by atoms with Gasteiger partial charge in [-0.15, -0.1) is 0 Å². The Bertz CT molecular complexity index is 497. The third-order valence-corrected chi connectivity index (χ3v) is 7.28. The minimum Gasteiger partial charge on any atom is -0.392 e. The first-order valence-corrected chi connectivity index (χ1v) is 9.76. The molecule has 3 aliphatic carbocycles. The van der Waals surface area contributed by atoms with Crippen molar-refractivity contribution in [1.29, 1.82) is 0 Å². The summed E-state index contributed by atoms with van der Waals surface area (Å²) in [4.78, 5) is 23.3. The standard InChI is InChI=1S/C19H28O3.C2H6/c1-13-4-3-8-18(2)15(13)7-9-19(12-21)16(18)6-5-14(11-20)10-17(19)22;1-2/h5,11-13,15-17,22H,3-4,6-10H2,1-2H3;1-2H3. The van der Waals surface area contributed by atoms with Gasteiger partial charge in [-0.05, 0) is 54.4 Å². The lowest BCUT2D eigenvalue weighted by Crippen LogP contribution is -2.57. The summed E-state index contributed by atoms with van der Waals surface area (Å²) in [7, 11) is 0. The molecule has 0 heterocycles. The minimum atomic E-state index is -0.719. The first-order valence-electron chi connectivity index (χ1n) is 9.76. The Labute approximate surface area is 146 Å². The minimum absolute atomic E-state index is 0.104. The van der Waals surface area contributed by atoms with Gasteiger partial charge in [0, 0.05) is 6.42 Å². The Morgan fingerprint density at radius 3 is 2.54 bits per heavy atom. The maximum absolute atomic E-state index is 12.1. The van der Waals surface area contributed by atoms with Crippen LogP contribution in [0.4, 0.5) is 0 Å². The van der Waals surface area contributed by atoms with Crippen LogP contribution in [0.5, 0.6) is 0 Å². The molecule has 0 aliphatic heterocycles. The number of carbonyl (C=O) groups excluding carboxylic acids is 2. The Hall–Kier alpha value is -0.960. The number of carbonyl (C=O) groups is 2. The maximum atomic E-state index is 12.1. The number of aliphatic hydroxyl groups is 1. The average molecular weight is 335 g/mol. The lowest BCUT2D eigenvalue weighted by molar-refractivity contribution is -0.160. The van der Waals surface area contributed by atoms with Crippen LogP contribution in [-0.2, 0) is 9.59 Å². The molecule has 3 rings (SSSR count). The summed E-state index contributed by atoms with van der Waals surface area (Å²) >= 11 is 0. The van der Waals surface area contributed by atoms with Crippen molar-refractivity contribution in [3.8, 4) is 0 Å². The predicted molar refractivity (Wildman–Crippen MR) is 96.6 cm³/mol. The molecular weight excluding hydrogens is 300 g/mol. The number of hydrogen-bond donors (Lipinski definition) is 1. The second-order valence-electron chi connectivity index (χ2n) is 8.16. The maximum Gasteiger partial charge on any atom is 0.145 e. The molecule has 0 aromatic rings. The molecule has 3 heteroatoms. The molecule has 0 bridgehead atoms. The molecule has 3 nitrogen and oxygen atoms in total. The first kappa shape index (κ1) is 19.4. The van der Waals surface area contributed by atoms with Gasteiger partial charge in [0.05, 0.1) is 11.5 Å². The van der Waals surface area contributed by atoms with E-state index in [-0.39, 0.29) is 11.3 Å². The molecule has 0 aromatic carbocycles. The summed E-state index contributed by atoms with van der Waals surface area (Å²) in [5.74, 6) is 1.49. The summed E-state index contributed by atoms with van der Waals surface area (Å²) in [6, 6.07) is 0. The molecule has 2 fully saturated rings. The number of allylic oxidation sites excluding steroid dienone is 1. The van der Waals surface area contributed by atoms with Gasteiger partial charge in [0.15, 0.2) is 0 Å². The van der Waals surface area contributed by atoms with Crippen LogP contribution in [-0.4, -0.2) is 23.8 Å². The highest BCUT2D eigenvalue weighted by Crippen LogP contribution is 2.63. The van der Waals surface area contributed by atoms with E-state index in [1.165, 1.54) is 12.8 Å². The monoisotopic (exact) mass is 334 g/mol. The van der Waals surface area contributed by atoms with Gasteiger partial charge in [0.2, 0.25) is 0 Å². The number of hydrogen-bond acceptors (Lipinski definition) is 3. The highest BCUT2D eigenvalue weighted by molar-refractivity contribution is 5.74. The molecule has 24 heavy (non-hydrogen) atoms. The van der Waals surface area contributed by atoms with Gasteiger partial charge in [-0.25, -0.2) is 0 Å². The molecule has 0 radical (unpaired) electrons. The molecule has 0 aromatic heterocycles. The summed E-state index contributed by atoms with van der Waals surface area (Å²) in [6.07, 6.45) is 9.65. The number of aliphatic hydroxyl groups excluding tert-OH is 1. The highest BCUT2D eigenvalue weighted by Gasteiger charge is 2.59. The van der Waals surface area contributed by atoms with Gasteiger partial charge in [-0.3, -0.25) is 4.79 Å². The van der Waals surface area contributed by atoms with Crippen molar-refractivity contribution in [2.24, 2.45) is 28.6 Å². The third-order valence-electron chi connectivity index (χ3n) is 7.28. The van der Waals surface area contributed by atoms with E-state index in [0.29, 0.717) is 23.8 Å². The second kappa shape index (κ2) is 7.51. The van der Waals surface area contributed by atoms with Gasteiger partial charge < -0.3 is 9.90 Å². The van der Waals surface area contributed by atoms with E-state index >= 15 is 0 Å². The van der Waals surface area contributed by atoms with Gasteiger partial charge in [-0.1, -0.05) is 46.6 Å². The van der Waals surface area contributed by atoms with Crippen LogP contribution >= 0.6 is 0 Å². The van der Waals surface area contributed by atoms with E-state index in [1.807, 2.05) is 19.9 Å². The van der Waals surface area contributed by atoms with Crippen LogP contribution in [0, 0.1) is 28.6 Å². The molecule has 3 aliphatic rings. The largest absolute Gasteiger partial charge is 0.392 e. The van der Waals surface area contributed by atoms with Gasteiger partial charge in [0.25, 0.3) is 0 Å². The van der Waals surface area contributed by atoms with E-state index < -0.39 is 11.5 Å². The molecule has 0 saturated heterocycles. The summed E-state index contributed by atoms with van der Waals surface area (Å²) < 4.78 is 0. The normalized spacial score (nSPS) is 44.6. The van der Waals surface area contributed by atoms with E-state index in [4.69, 9.17) is 0 Å². The highest BCUT2D eigenvalue weighted by atomic mass is 16.3. The Kier molecular flexibility index (Phi) is 6.06. The molecular formula is C21H34O3. The van der Waals surface area contributed by atoms with Crippen molar-refractivity contribution in [1.82, 2.24) is 0 Å². The van der Waals surface area contributed by atoms with E-state index in [9.17, 15) is 14.7 Å². The van der Waals surface area contributed by atoms with Crippen LogP contribution in [0.1, 0.15) is 72.6 Å². The fraction of sp³-hybridized carbons (Fsp3) is 0.810. The van der Waals surface area contributed by atoms with Crippen molar-refractivity contribution in [3.05, 3.63) is 11.6 Å².